The van der Waals surface area contributed by atoms with Crippen LogP contribution in [-0.2, 0) is 0 Å². The van der Waals surface area contributed by atoms with E-state index >= 15 is 0 Å². The molecule has 1 aliphatic heterocycles. The zero-order valence-corrected chi connectivity index (χ0v) is 7.30. The van der Waals surface area contributed by atoms with Crippen LogP contribution in [0, 0.1) is 0 Å². The monoisotopic (exact) mass is 183 g/mol. The molecule has 0 spiro atoms. The summed E-state index contributed by atoms with van der Waals surface area (Å²) in [5, 5.41) is 7.13. The van der Waals surface area contributed by atoms with Gasteiger partial charge in [-0.25, -0.2) is 4.98 Å². The molecular weight excluding hydrogens is 174 g/mol. The van der Waals surface area contributed by atoms with Gasteiger partial charge in [0.25, 0.3) is 0 Å². The summed E-state index contributed by atoms with van der Waals surface area (Å²) in [5.41, 5.74) is 1.14. The Labute approximate surface area is 76.1 Å². The predicted molar refractivity (Wildman–Crippen MR) is 48.0 cm³/mol. The zero-order chi connectivity index (χ0) is 8.39. The van der Waals surface area contributed by atoms with Gasteiger partial charge in [-0.05, 0) is 6.07 Å². The molecule has 1 aromatic heterocycles. The van der Waals surface area contributed by atoms with Gasteiger partial charge in [0.05, 0.1) is 6.17 Å². The Morgan fingerprint density at radius 3 is 2.67 bits per heavy atom. The summed E-state index contributed by atoms with van der Waals surface area (Å²) >= 11 is 5.67. The summed E-state index contributed by atoms with van der Waals surface area (Å²) in [6, 6.07) is 3.78. The van der Waals surface area contributed by atoms with Crippen LogP contribution in [0.3, 0.4) is 0 Å². The molecule has 2 heterocycles. The number of pyridine rings is 1. The minimum Gasteiger partial charge on any atom is -0.297 e. The summed E-state index contributed by atoms with van der Waals surface area (Å²) in [7, 11) is 0. The molecule has 0 aliphatic carbocycles. The third-order valence-electron chi connectivity index (χ3n) is 1.91. The van der Waals surface area contributed by atoms with E-state index in [-0.39, 0.29) is 6.17 Å². The standard InChI is InChI=1S/C8H10ClN3/c9-7-2-1-6(5-12-7)8-10-3-4-11-8/h1-2,5,8,10-11H,3-4H2. The van der Waals surface area contributed by atoms with Crippen molar-refractivity contribution >= 4 is 11.6 Å². The molecule has 1 aliphatic rings. The minimum atomic E-state index is 0.245. The van der Waals surface area contributed by atoms with Crippen molar-refractivity contribution in [3.05, 3.63) is 29.0 Å². The van der Waals surface area contributed by atoms with Crippen LogP contribution in [0.2, 0.25) is 5.15 Å². The summed E-state index contributed by atoms with van der Waals surface area (Å²) in [5.74, 6) is 0. The lowest BCUT2D eigenvalue weighted by Crippen LogP contribution is -2.21. The van der Waals surface area contributed by atoms with Gasteiger partial charge in [0, 0.05) is 24.8 Å². The lowest BCUT2D eigenvalue weighted by Gasteiger charge is -2.09. The number of aromatic nitrogens is 1. The average molecular weight is 184 g/mol. The molecule has 0 unspecified atom stereocenters. The Morgan fingerprint density at radius 2 is 2.08 bits per heavy atom. The van der Waals surface area contributed by atoms with E-state index < -0.39 is 0 Å². The summed E-state index contributed by atoms with van der Waals surface area (Å²) in [6.45, 7) is 2.01. The highest BCUT2D eigenvalue weighted by Gasteiger charge is 2.14. The van der Waals surface area contributed by atoms with Crippen molar-refractivity contribution in [3.63, 3.8) is 0 Å². The zero-order valence-electron chi connectivity index (χ0n) is 6.55. The van der Waals surface area contributed by atoms with E-state index in [1.165, 1.54) is 0 Å². The molecule has 2 rings (SSSR count). The number of rotatable bonds is 1. The normalized spacial score (nSPS) is 18.4. The Kier molecular flexibility index (Phi) is 2.26. The van der Waals surface area contributed by atoms with E-state index in [0.29, 0.717) is 5.15 Å². The number of nitrogens with one attached hydrogen (secondary N) is 2. The fourth-order valence-electron chi connectivity index (χ4n) is 1.30. The molecule has 0 radical (unpaired) electrons. The topological polar surface area (TPSA) is 37.0 Å². The SMILES string of the molecule is Clc1ccc(C2NCCN2)cn1. The first kappa shape index (κ1) is 7.98. The third kappa shape index (κ3) is 1.58. The Hall–Kier alpha value is -0.640. The second kappa shape index (κ2) is 3.39. The molecule has 4 heteroatoms. The van der Waals surface area contributed by atoms with Crippen LogP contribution in [0.4, 0.5) is 0 Å². The molecule has 0 amide bonds. The van der Waals surface area contributed by atoms with Crippen LogP contribution in [0.15, 0.2) is 18.3 Å². The van der Waals surface area contributed by atoms with Gasteiger partial charge in [-0.3, -0.25) is 10.6 Å². The van der Waals surface area contributed by atoms with Crippen LogP contribution >= 0.6 is 11.6 Å². The van der Waals surface area contributed by atoms with Gasteiger partial charge in [0.2, 0.25) is 0 Å². The van der Waals surface area contributed by atoms with Crippen molar-refractivity contribution in [2.45, 2.75) is 6.17 Å². The van der Waals surface area contributed by atoms with Gasteiger partial charge in [-0.15, -0.1) is 0 Å². The van der Waals surface area contributed by atoms with Crippen LogP contribution in [-0.4, -0.2) is 18.1 Å². The highest BCUT2D eigenvalue weighted by Crippen LogP contribution is 2.13. The molecule has 1 saturated heterocycles. The number of hydrogen-bond donors (Lipinski definition) is 2. The number of halogens is 1. The molecule has 0 atom stereocenters. The average Bonchev–Trinajstić information content (AvgIpc) is 2.58. The second-order valence-corrected chi connectivity index (χ2v) is 3.14. The molecule has 3 nitrogen and oxygen atoms in total. The number of hydrogen-bond acceptors (Lipinski definition) is 3. The van der Waals surface area contributed by atoms with Crippen LogP contribution in [0.25, 0.3) is 0 Å². The predicted octanol–water partition coefficient (Wildman–Crippen LogP) is 0.926. The fourth-order valence-corrected chi connectivity index (χ4v) is 1.41. The maximum Gasteiger partial charge on any atom is 0.129 e. The first-order chi connectivity index (χ1) is 5.86. The summed E-state index contributed by atoms with van der Waals surface area (Å²) in [6.07, 6.45) is 2.04. The Balaban J connectivity index is 2.17. The van der Waals surface area contributed by atoms with Crippen LogP contribution in [0.1, 0.15) is 11.7 Å². The highest BCUT2D eigenvalue weighted by atomic mass is 35.5. The second-order valence-electron chi connectivity index (χ2n) is 2.76. The maximum atomic E-state index is 5.67. The summed E-state index contributed by atoms with van der Waals surface area (Å²) < 4.78 is 0. The largest absolute Gasteiger partial charge is 0.297 e. The van der Waals surface area contributed by atoms with Gasteiger partial charge in [0.1, 0.15) is 5.15 Å². The van der Waals surface area contributed by atoms with Gasteiger partial charge >= 0.3 is 0 Å². The first-order valence-electron chi connectivity index (χ1n) is 3.94. The fraction of sp³-hybridized carbons (Fsp3) is 0.375. The lowest BCUT2D eigenvalue weighted by atomic mass is 10.2. The molecule has 12 heavy (non-hydrogen) atoms. The molecule has 1 fully saturated rings. The molecule has 0 bridgehead atoms. The Bertz CT molecular complexity index is 254. The molecule has 64 valence electrons. The van der Waals surface area contributed by atoms with E-state index in [9.17, 15) is 0 Å². The van der Waals surface area contributed by atoms with Crippen molar-refractivity contribution in [1.29, 1.82) is 0 Å². The van der Waals surface area contributed by atoms with E-state index in [2.05, 4.69) is 15.6 Å². The quantitative estimate of drug-likeness (QED) is 0.636. The van der Waals surface area contributed by atoms with E-state index in [1.54, 1.807) is 12.3 Å². The van der Waals surface area contributed by atoms with E-state index in [0.717, 1.165) is 18.7 Å². The van der Waals surface area contributed by atoms with Gasteiger partial charge in [-0.2, -0.15) is 0 Å². The van der Waals surface area contributed by atoms with Crippen molar-refractivity contribution < 1.29 is 0 Å². The Morgan fingerprint density at radius 1 is 1.33 bits per heavy atom. The highest BCUT2D eigenvalue weighted by molar-refractivity contribution is 6.29. The molecule has 0 saturated carbocycles. The smallest absolute Gasteiger partial charge is 0.129 e. The van der Waals surface area contributed by atoms with Gasteiger partial charge < -0.3 is 0 Å². The molecular formula is C8H10ClN3. The van der Waals surface area contributed by atoms with E-state index in [4.69, 9.17) is 11.6 Å². The lowest BCUT2D eigenvalue weighted by molar-refractivity contribution is 0.586. The third-order valence-corrected chi connectivity index (χ3v) is 2.13. The van der Waals surface area contributed by atoms with Crippen LogP contribution in [0.5, 0.6) is 0 Å². The molecule has 0 aromatic carbocycles. The molecule has 2 N–H and O–H groups in total. The first-order valence-corrected chi connectivity index (χ1v) is 4.32. The van der Waals surface area contributed by atoms with Crippen LogP contribution < -0.4 is 10.6 Å². The van der Waals surface area contributed by atoms with Crippen molar-refractivity contribution in [1.82, 2.24) is 15.6 Å². The van der Waals surface area contributed by atoms with Gasteiger partial charge in [-0.1, -0.05) is 17.7 Å². The van der Waals surface area contributed by atoms with Crippen molar-refractivity contribution in [2.75, 3.05) is 13.1 Å². The summed E-state index contributed by atoms with van der Waals surface area (Å²) in [4.78, 5) is 4.01. The minimum absolute atomic E-state index is 0.245. The maximum absolute atomic E-state index is 5.67. The van der Waals surface area contributed by atoms with Crippen molar-refractivity contribution in [3.8, 4) is 0 Å². The number of nitrogens with zero attached hydrogens (tertiary/aromatic N) is 1. The van der Waals surface area contributed by atoms with Crippen molar-refractivity contribution in [2.24, 2.45) is 0 Å². The van der Waals surface area contributed by atoms with E-state index in [1.807, 2.05) is 6.07 Å². The van der Waals surface area contributed by atoms with Gasteiger partial charge in [0.15, 0.2) is 0 Å². The molecule has 1 aromatic rings.